The molecule has 0 atom stereocenters. The molecule has 0 spiro atoms. The summed E-state index contributed by atoms with van der Waals surface area (Å²) in [6.45, 7) is 0.349. The second-order valence-electron chi connectivity index (χ2n) is 4.56. The van der Waals surface area contributed by atoms with Crippen molar-refractivity contribution in [2.75, 3.05) is 12.3 Å². The van der Waals surface area contributed by atoms with E-state index in [1.165, 1.54) is 17.8 Å². The molecule has 0 aliphatic carbocycles. The average molecular weight is 374 g/mol. The van der Waals surface area contributed by atoms with E-state index in [0.29, 0.717) is 18.4 Å². The molecule has 0 saturated heterocycles. The number of alkyl halides is 3. The predicted molar refractivity (Wildman–Crippen MR) is 78.0 cm³/mol. The lowest BCUT2D eigenvalue weighted by atomic mass is 10.3. The highest BCUT2D eigenvalue weighted by Crippen LogP contribution is 2.30. The Morgan fingerprint density at radius 3 is 2.80 bits per heavy atom. The maximum Gasteiger partial charge on any atom is 0.446 e. The van der Waals surface area contributed by atoms with Crippen LogP contribution in [-0.4, -0.2) is 37.3 Å². The smallest absolute Gasteiger partial charge is 0.330 e. The quantitative estimate of drug-likeness (QED) is 0.658. The third-order valence-electron chi connectivity index (χ3n) is 2.92. The Kier molecular flexibility index (Phi) is 4.59. The highest BCUT2D eigenvalue weighted by Gasteiger charge is 2.33. The number of aromatic nitrogens is 5. The number of thioether (sulfide) groups is 1. The number of hydrogen-bond donors (Lipinski definition) is 1. The van der Waals surface area contributed by atoms with E-state index in [4.69, 9.17) is 5.73 Å². The average Bonchev–Trinajstić information content (AvgIpc) is 3.18. The zero-order chi connectivity index (χ0) is 18.0. The standard InChI is InChI=1S/C12H9F3N6O3S/c13-12(14,15)7-5-6(1-3-17-7)21-9(19-23-11(21)22)8-10(20-24-18-8)25-4-2-16/h1,3,5H,2,4,16H2. The van der Waals surface area contributed by atoms with Gasteiger partial charge >= 0.3 is 11.9 Å². The Labute approximate surface area is 141 Å². The monoisotopic (exact) mass is 374 g/mol. The zero-order valence-electron chi connectivity index (χ0n) is 12.2. The van der Waals surface area contributed by atoms with Crippen molar-refractivity contribution in [1.82, 2.24) is 25.0 Å². The fourth-order valence-electron chi connectivity index (χ4n) is 1.91. The van der Waals surface area contributed by atoms with Gasteiger partial charge in [0.25, 0.3) is 0 Å². The maximum absolute atomic E-state index is 12.8. The van der Waals surface area contributed by atoms with Crippen LogP contribution in [-0.2, 0) is 6.18 Å². The highest BCUT2D eigenvalue weighted by atomic mass is 32.2. The number of halogens is 3. The highest BCUT2D eigenvalue weighted by molar-refractivity contribution is 7.99. The van der Waals surface area contributed by atoms with Gasteiger partial charge in [0.2, 0.25) is 5.82 Å². The first-order valence-corrected chi connectivity index (χ1v) is 7.68. The first-order valence-electron chi connectivity index (χ1n) is 6.70. The fraction of sp³-hybridized carbons (Fsp3) is 0.250. The molecule has 0 unspecified atom stereocenters. The molecule has 0 amide bonds. The third kappa shape index (κ3) is 3.41. The van der Waals surface area contributed by atoms with Crippen LogP contribution in [0.25, 0.3) is 17.2 Å². The van der Waals surface area contributed by atoms with Crippen molar-refractivity contribution in [1.29, 1.82) is 0 Å². The van der Waals surface area contributed by atoms with E-state index in [1.807, 2.05) is 0 Å². The first kappa shape index (κ1) is 17.2. The van der Waals surface area contributed by atoms with Gasteiger partial charge in [0.15, 0.2) is 10.7 Å². The number of nitrogens with two attached hydrogens (primary N) is 1. The summed E-state index contributed by atoms with van der Waals surface area (Å²) >= 11 is 1.19. The first-order chi connectivity index (χ1) is 11.9. The van der Waals surface area contributed by atoms with Crippen molar-refractivity contribution in [2.24, 2.45) is 5.73 Å². The summed E-state index contributed by atoms with van der Waals surface area (Å²) < 4.78 is 48.6. The maximum atomic E-state index is 12.8. The SMILES string of the molecule is NCCSc1nonc1-c1noc(=O)n1-c1ccnc(C(F)(F)F)c1. The minimum absolute atomic E-state index is 0.0506. The minimum atomic E-state index is -4.67. The Balaban J connectivity index is 2.10. The van der Waals surface area contributed by atoms with Gasteiger partial charge < -0.3 is 5.73 Å². The van der Waals surface area contributed by atoms with Crippen LogP contribution in [0.1, 0.15) is 5.69 Å². The van der Waals surface area contributed by atoms with E-state index < -0.39 is 17.6 Å². The van der Waals surface area contributed by atoms with E-state index in [-0.39, 0.29) is 22.2 Å². The summed E-state index contributed by atoms with van der Waals surface area (Å²) in [5.41, 5.74) is 4.16. The summed E-state index contributed by atoms with van der Waals surface area (Å²) in [7, 11) is 0. The van der Waals surface area contributed by atoms with E-state index in [1.54, 1.807) is 0 Å². The fourth-order valence-corrected chi connectivity index (χ4v) is 2.57. The zero-order valence-corrected chi connectivity index (χ0v) is 13.0. The summed E-state index contributed by atoms with van der Waals surface area (Å²) in [6.07, 6.45) is -3.75. The van der Waals surface area contributed by atoms with Crippen molar-refractivity contribution in [3.8, 4) is 17.2 Å². The Bertz CT molecular complexity index is 935. The lowest BCUT2D eigenvalue weighted by Crippen LogP contribution is -2.16. The molecule has 13 heteroatoms. The molecule has 9 nitrogen and oxygen atoms in total. The van der Waals surface area contributed by atoms with Gasteiger partial charge in [-0.3, -0.25) is 9.51 Å². The molecule has 2 N–H and O–H groups in total. The van der Waals surface area contributed by atoms with Gasteiger partial charge in [-0.25, -0.2) is 14.0 Å². The molecule has 0 aliphatic rings. The van der Waals surface area contributed by atoms with Crippen LogP contribution >= 0.6 is 11.8 Å². The molecular formula is C12H9F3N6O3S. The molecule has 3 aromatic heterocycles. The van der Waals surface area contributed by atoms with Gasteiger partial charge in [0, 0.05) is 18.5 Å². The van der Waals surface area contributed by atoms with E-state index in [2.05, 4.69) is 29.6 Å². The number of hydrogen-bond acceptors (Lipinski definition) is 9. The van der Waals surface area contributed by atoms with E-state index in [9.17, 15) is 18.0 Å². The van der Waals surface area contributed by atoms with Crippen LogP contribution in [0.4, 0.5) is 13.2 Å². The third-order valence-corrected chi connectivity index (χ3v) is 3.90. The lowest BCUT2D eigenvalue weighted by Gasteiger charge is -2.08. The largest absolute Gasteiger partial charge is 0.446 e. The van der Waals surface area contributed by atoms with Gasteiger partial charge in [-0.1, -0.05) is 16.9 Å². The second kappa shape index (κ2) is 6.68. The Morgan fingerprint density at radius 1 is 1.28 bits per heavy atom. The van der Waals surface area contributed by atoms with E-state index >= 15 is 0 Å². The topological polar surface area (TPSA) is 126 Å². The lowest BCUT2D eigenvalue weighted by molar-refractivity contribution is -0.141. The molecule has 3 aromatic rings. The van der Waals surface area contributed by atoms with Crippen molar-refractivity contribution in [3.63, 3.8) is 0 Å². The molecule has 0 aromatic carbocycles. The van der Waals surface area contributed by atoms with Crippen LogP contribution < -0.4 is 11.5 Å². The number of rotatable bonds is 5. The summed E-state index contributed by atoms with van der Waals surface area (Å²) in [5.74, 6) is -0.659. The van der Waals surface area contributed by atoms with Gasteiger partial charge in [-0.2, -0.15) is 13.2 Å². The molecule has 0 radical (unpaired) electrons. The van der Waals surface area contributed by atoms with Gasteiger partial charge in [-0.05, 0) is 22.4 Å². The van der Waals surface area contributed by atoms with Crippen molar-refractivity contribution in [3.05, 3.63) is 34.6 Å². The van der Waals surface area contributed by atoms with Crippen LogP contribution in [0.2, 0.25) is 0 Å². The molecule has 25 heavy (non-hydrogen) atoms. The van der Waals surface area contributed by atoms with Crippen LogP contribution in [0.3, 0.4) is 0 Å². The predicted octanol–water partition coefficient (Wildman–Crippen LogP) is 1.34. The Morgan fingerprint density at radius 2 is 2.08 bits per heavy atom. The molecule has 0 aliphatic heterocycles. The molecule has 132 valence electrons. The van der Waals surface area contributed by atoms with Crippen LogP contribution in [0, 0.1) is 0 Å². The summed E-state index contributed by atoms with van der Waals surface area (Å²) in [4.78, 5) is 15.2. The molecule has 0 bridgehead atoms. The van der Waals surface area contributed by atoms with Gasteiger partial charge in [-0.15, -0.1) is 0 Å². The second-order valence-corrected chi connectivity index (χ2v) is 5.64. The molecule has 0 saturated carbocycles. The van der Waals surface area contributed by atoms with Crippen molar-refractivity contribution in [2.45, 2.75) is 11.2 Å². The summed E-state index contributed by atoms with van der Waals surface area (Å²) in [6, 6.07) is 1.90. The number of nitrogens with zero attached hydrogens (tertiary/aromatic N) is 5. The normalized spacial score (nSPS) is 11.8. The number of pyridine rings is 1. The molecule has 3 rings (SSSR count). The van der Waals surface area contributed by atoms with E-state index in [0.717, 1.165) is 10.8 Å². The summed E-state index contributed by atoms with van der Waals surface area (Å²) in [5, 5.41) is 11.1. The van der Waals surface area contributed by atoms with Gasteiger partial charge in [0.05, 0.1) is 5.69 Å². The molecule has 0 fully saturated rings. The minimum Gasteiger partial charge on any atom is -0.330 e. The molecular weight excluding hydrogens is 365 g/mol. The van der Waals surface area contributed by atoms with Crippen LogP contribution in [0.5, 0.6) is 0 Å². The van der Waals surface area contributed by atoms with Crippen LogP contribution in [0.15, 0.2) is 37.3 Å². The molecule has 3 heterocycles. The van der Waals surface area contributed by atoms with Crippen molar-refractivity contribution < 1.29 is 22.3 Å². The Hall–Kier alpha value is -2.67. The van der Waals surface area contributed by atoms with Crippen molar-refractivity contribution >= 4 is 11.8 Å². The van der Waals surface area contributed by atoms with Gasteiger partial charge in [0.1, 0.15) is 5.69 Å².